The van der Waals surface area contributed by atoms with Crippen LogP contribution in [0.3, 0.4) is 0 Å². The Morgan fingerprint density at radius 3 is 2.18 bits per heavy atom. The van der Waals surface area contributed by atoms with Crippen LogP contribution in [0.2, 0.25) is 0 Å². The number of rotatable bonds is 2. The van der Waals surface area contributed by atoms with E-state index < -0.39 is 0 Å². The summed E-state index contributed by atoms with van der Waals surface area (Å²) in [5.41, 5.74) is 11.6. The average Bonchev–Trinajstić information content (AvgIpc) is 2.28. The SMILES string of the molecule is Cc1cccc(C)c1/C=C/c1cccc(N)c1. The van der Waals surface area contributed by atoms with E-state index in [-0.39, 0.29) is 0 Å². The second-order valence-corrected chi connectivity index (χ2v) is 4.31. The summed E-state index contributed by atoms with van der Waals surface area (Å²) in [6.45, 7) is 4.26. The molecule has 17 heavy (non-hydrogen) atoms. The van der Waals surface area contributed by atoms with Crippen LogP contribution in [-0.2, 0) is 0 Å². The van der Waals surface area contributed by atoms with E-state index >= 15 is 0 Å². The standard InChI is InChI=1S/C16H17N/c1-12-5-3-6-13(2)16(12)10-9-14-7-4-8-15(17)11-14/h3-11H,17H2,1-2H3/b10-9+. The van der Waals surface area contributed by atoms with Gasteiger partial charge in [0.1, 0.15) is 0 Å². The van der Waals surface area contributed by atoms with E-state index in [4.69, 9.17) is 5.73 Å². The fourth-order valence-electron chi connectivity index (χ4n) is 1.93. The van der Waals surface area contributed by atoms with Crippen molar-refractivity contribution in [1.82, 2.24) is 0 Å². The van der Waals surface area contributed by atoms with Crippen molar-refractivity contribution in [2.24, 2.45) is 0 Å². The van der Waals surface area contributed by atoms with Crippen LogP contribution < -0.4 is 5.73 Å². The van der Waals surface area contributed by atoms with Crippen LogP contribution in [-0.4, -0.2) is 0 Å². The van der Waals surface area contributed by atoms with E-state index in [1.165, 1.54) is 16.7 Å². The van der Waals surface area contributed by atoms with Gasteiger partial charge < -0.3 is 5.73 Å². The Balaban J connectivity index is 2.32. The van der Waals surface area contributed by atoms with Crippen LogP contribution in [0.1, 0.15) is 22.3 Å². The number of nitrogens with two attached hydrogens (primary N) is 1. The molecule has 0 aliphatic carbocycles. The fourth-order valence-corrected chi connectivity index (χ4v) is 1.93. The number of anilines is 1. The molecular formula is C16H17N. The Morgan fingerprint density at radius 2 is 1.53 bits per heavy atom. The lowest BCUT2D eigenvalue weighted by atomic mass is 10.0. The van der Waals surface area contributed by atoms with Crippen LogP contribution >= 0.6 is 0 Å². The summed E-state index contributed by atoms with van der Waals surface area (Å²) >= 11 is 0. The van der Waals surface area contributed by atoms with Gasteiger partial charge in [-0.25, -0.2) is 0 Å². The molecule has 0 aliphatic rings. The molecule has 1 nitrogen and oxygen atoms in total. The van der Waals surface area contributed by atoms with E-state index in [1.807, 2.05) is 18.2 Å². The predicted molar refractivity (Wildman–Crippen MR) is 75.7 cm³/mol. The van der Waals surface area contributed by atoms with Gasteiger partial charge in [0.15, 0.2) is 0 Å². The molecule has 0 heterocycles. The molecular weight excluding hydrogens is 206 g/mol. The first kappa shape index (κ1) is 11.5. The highest BCUT2D eigenvalue weighted by molar-refractivity contribution is 5.73. The lowest BCUT2D eigenvalue weighted by Gasteiger charge is -2.04. The highest BCUT2D eigenvalue weighted by atomic mass is 14.5. The third-order valence-electron chi connectivity index (χ3n) is 2.90. The first-order chi connectivity index (χ1) is 8.16. The number of nitrogen functional groups attached to an aromatic ring is 1. The van der Waals surface area contributed by atoms with Crippen molar-refractivity contribution < 1.29 is 0 Å². The highest BCUT2D eigenvalue weighted by Crippen LogP contribution is 2.17. The molecule has 0 fully saturated rings. The Bertz CT molecular complexity index is 533. The second kappa shape index (κ2) is 4.88. The Hall–Kier alpha value is -2.02. The minimum Gasteiger partial charge on any atom is -0.399 e. The molecule has 0 unspecified atom stereocenters. The number of hydrogen-bond acceptors (Lipinski definition) is 1. The molecule has 0 saturated heterocycles. The minimum absolute atomic E-state index is 0.800. The lowest BCUT2D eigenvalue weighted by molar-refractivity contribution is 1.36. The van der Waals surface area contributed by atoms with Crippen LogP contribution in [0.4, 0.5) is 5.69 Å². The van der Waals surface area contributed by atoms with Gasteiger partial charge >= 0.3 is 0 Å². The van der Waals surface area contributed by atoms with Gasteiger partial charge in [-0.1, -0.05) is 42.5 Å². The molecule has 0 radical (unpaired) electrons. The molecule has 0 bridgehead atoms. The molecule has 0 saturated carbocycles. The quantitative estimate of drug-likeness (QED) is 0.603. The molecule has 0 atom stereocenters. The summed E-state index contributed by atoms with van der Waals surface area (Å²) in [6, 6.07) is 14.3. The van der Waals surface area contributed by atoms with Gasteiger partial charge in [0.25, 0.3) is 0 Å². The molecule has 86 valence electrons. The van der Waals surface area contributed by atoms with Gasteiger partial charge in [0.2, 0.25) is 0 Å². The second-order valence-electron chi connectivity index (χ2n) is 4.31. The summed E-state index contributed by atoms with van der Waals surface area (Å²) in [5.74, 6) is 0. The van der Waals surface area contributed by atoms with Crippen molar-refractivity contribution in [3.63, 3.8) is 0 Å². The van der Waals surface area contributed by atoms with Crippen LogP contribution in [0.5, 0.6) is 0 Å². The van der Waals surface area contributed by atoms with Crippen molar-refractivity contribution in [1.29, 1.82) is 0 Å². The van der Waals surface area contributed by atoms with Gasteiger partial charge in [-0.2, -0.15) is 0 Å². The van der Waals surface area contributed by atoms with Crippen molar-refractivity contribution in [2.45, 2.75) is 13.8 Å². The van der Waals surface area contributed by atoms with Gasteiger partial charge in [-0.15, -0.1) is 0 Å². The van der Waals surface area contributed by atoms with Crippen molar-refractivity contribution in [3.8, 4) is 0 Å². The highest BCUT2D eigenvalue weighted by Gasteiger charge is 1.97. The van der Waals surface area contributed by atoms with Crippen LogP contribution in [0, 0.1) is 13.8 Å². The summed E-state index contributed by atoms with van der Waals surface area (Å²) < 4.78 is 0. The summed E-state index contributed by atoms with van der Waals surface area (Å²) in [4.78, 5) is 0. The van der Waals surface area contributed by atoms with E-state index in [0.717, 1.165) is 11.3 Å². The molecule has 0 amide bonds. The minimum atomic E-state index is 0.800. The zero-order chi connectivity index (χ0) is 12.3. The zero-order valence-electron chi connectivity index (χ0n) is 10.3. The summed E-state index contributed by atoms with van der Waals surface area (Å²) in [6.07, 6.45) is 4.26. The molecule has 0 aromatic heterocycles. The van der Waals surface area contributed by atoms with E-state index in [9.17, 15) is 0 Å². The largest absolute Gasteiger partial charge is 0.399 e. The average molecular weight is 223 g/mol. The van der Waals surface area contributed by atoms with Crippen LogP contribution in [0.15, 0.2) is 42.5 Å². The number of hydrogen-bond donors (Lipinski definition) is 1. The van der Waals surface area contributed by atoms with Crippen LogP contribution in [0.25, 0.3) is 12.2 Å². The number of aryl methyl sites for hydroxylation is 2. The molecule has 2 N–H and O–H groups in total. The fraction of sp³-hybridized carbons (Fsp3) is 0.125. The monoisotopic (exact) mass is 223 g/mol. The first-order valence-electron chi connectivity index (χ1n) is 5.76. The van der Waals surface area contributed by atoms with E-state index in [2.05, 4.69) is 50.3 Å². The Labute approximate surface area is 103 Å². The smallest absolute Gasteiger partial charge is 0.0319 e. The molecule has 2 rings (SSSR count). The Kier molecular flexibility index (Phi) is 3.29. The maximum absolute atomic E-state index is 5.75. The van der Waals surface area contributed by atoms with Gasteiger partial charge in [0, 0.05) is 5.69 Å². The van der Waals surface area contributed by atoms with Crippen molar-refractivity contribution in [2.75, 3.05) is 5.73 Å². The van der Waals surface area contributed by atoms with Gasteiger partial charge in [-0.05, 0) is 48.2 Å². The maximum atomic E-state index is 5.75. The van der Waals surface area contributed by atoms with Gasteiger partial charge in [-0.3, -0.25) is 0 Å². The van der Waals surface area contributed by atoms with Crippen molar-refractivity contribution in [3.05, 3.63) is 64.7 Å². The number of benzene rings is 2. The van der Waals surface area contributed by atoms with E-state index in [1.54, 1.807) is 0 Å². The normalized spacial score (nSPS) is 10.9. The van der Waals surface area contributed by atoms with Gasteiger partial charge in [0.05, 0.1) is 0 Å². The molecule has 2 aromatic carbocycles. The molecule has 1 heteroatoms. The summed E-state index contributed by atoms with van der Waals surface area (Å²) in [5, 5.41) is 0. The lowest BCUT2D eigenvalue weighted by Crippen LogP contribution is -1.86. The topological polar surface area (TPSA) is 26.0 Å². The van der Waals surface area contributed by atoms with E-state index in [0.29, 0.717) is 0 Å². The third-order valence-corrected chi connectivity index (χ3v) is 2.90. The van der Waals surface area contributed by atoms with Crippen molar-refractivity contribution >= 4 is 17.8 Å². The summed E-state index contributed by atoms with van der Waals surface area (Å²) in [7, 11) is 0. The zero-order valence-corrected chi connectivity index (χ0v) is 10.3. The molecule has 0 spiro atoms. The molecule has 0 aliphatic heterocycles. The third kappa shape index (κ3) is 2.76. The molecule has 2 aromatic rings. The Morgan fingerprint density at radius 1 is 0.882 bits per heavy atom. The predicted octanol–water partition coefficient (Wildman–Crippen LogP) is 4.06. The first-order valence-corrected chi connectivity index (χ1v) is 5.76. The maximum Gasteiger partial charge on any atom is 0.0319 e.